The van der Waals surface area contributed by atoms with Gasteiger partial charge in [-0.1, -0.05) is 48.5 Å². The third kappa shape index (κ3) is 21.2. The van der Waals surface area contributed by atoms with E-state index in [1.807, 2.05) is 60.7 Å². The first-order chi connectivity index (χ1) is 27.7. The van der Waals surface area contributed by atoms with Crippen molar-refractivity contribution in [2.24, 2.45) is 0 Å². The van der Waals surface area contributed by atoms with E-state index in [9.17, 15) is 24.0 Å². The number of para-hydroxylation sites is 1. The van der Waals surface area contributed by atoms with Gasteiger partial charge in [-0.3, -0.25) is 14.6 Å². The van der Waals surface area contributed by atoms with E-state index in [0.717, 1.165) is 16.5 Å². The van der Waals surface area contributed by atoms with Gasteiger partial charge in [-0.05, 0) is 119 Å². The molecule has 3 atom stereocenters. The maximum absolute atomic E-state index is 14.1. The zero-order valence-corrected chi connectivity index (χ0v) is 37.4. The molecule has 0 bridgehead atoms. The summed E-state index contributed by atoms with van der Waals surface area (Å²) in [6.07, 6.45) is 2.24. The molecule has 1 aromatic heterocycles. The van der Waals surface area contributed by atoms with E-state index in [-0.39, 0.29) is 37.8 Å². The number of carbonyl (C=O) groups excluding carboxylic acids is 5. The summed E-state index contributed by atoms with van der Waals surface area (Å²) in [4.78, 5) is 70.0. The van der Waals surface area contributed by atoms with Crippen LogP contribution in [0.2, 0.25) is 0 Å². The summed E-state index contributed by atoms with van der Waals surface area (Å²) in [6.45, 7) is 16.9. The van der Waals surface area contributed by atoms with Crippen molar-refractivity contribution >= 4 is 59.1 Å². The van der Waals surface area contributed by atoms with Crippen LogP contribution < -0.4 is 31.9 Å². The Balaban J connectivity index is 0.0000124. The number of nitrogens with zero attached hydrogens (tertiary/aromatic N) is 1. The number of benzene rings is 2. The molecule has 0 aliphatic carbocycles. The third-order valence-electron chi connectivity index (χ3n) is 8.50. The highest BCUT2D eigenvalue weighted by Gasteiger charge is 2.29. The van der Waals surface area contributed by atoms with Crippen molar-refractivity contribution in [2.45, 2.75) is 136 Å². The molecule has 15 nitrogen and oxygen atoms in total. The average molecular weight is 857 g/mol. The Hall–Kier alpha value is -5.15. The van der Waals surface area contributed by atoms with Gasteiger partial charge in [0.25, 0.3) is 0 Å². The van der Waals surface area contributed by atoms with Crippen LogP contribution >= 0.6 is 12.4 Å². The summed E-state index contributed by atoms with van der Waals surface area (Å²) in [5.74, 6) is -0.970. The molecule has 1 unspecified atom stereocenters. The van der Waals surface area contributed by atoms with Gasteiger partial charge in [-0.2, -0.15) is 0 Å². The molecular weight excluding hydrogens is 790 g/mol. The largest absolute Gasteiger partial charge is 0.444 e. The van der Waals surface area contributed by atoms with Gasteiger partial charge in [0.05, 0.1) is 17.4 Å². The minimum atomic E-state index is -1.05. The van der Waals surface area contributed by atoms with Crippen molar-refractivity contribution in [3.05, 3.63) is 72.4 Å². The molecule has 0 saturated carbocycles. The number of pyridine rings is 1. The topological polar surface area (TPSA) is 198 Å². The molecule has 0 aliphatic rings. The van der Waals surface area contributed by atoms with Crippen LogP contribution in [0.5, 0.6) is 0 Å². The van der Waals surface area contributed by atoms with Gasteiger partial charge in [-0.25, -0.2) is 14.4 Å². The Morgan fingerprint density at radius 2 is 1.18 bits per heavy atom. The lowest BCUT2D eigenvalue weighted by atomic mass is 10.0. The quantitative estimate of drug-likeness (QED) is 0.0531. The molecule has 2 aromatic carbocycles. The van der Waals surface area contributed by atoms with Crippen molar-refractivity contribution < 1.29 is 38.2 Å². The molecule has 3 rings (SSSR count). The second-order valence-electron chi connectivity index (χ2n) is 17.4. The number of ether oxygens (including phenoxy) is 3. The fraction of sp³-hybridized carbons (Fsp3) is 0.545. The standard InChI is InChI=1S/C44H65N7O8.ClH/c1-42(2,3)57-39(54)46-25-24-32(45-26-27-47-40(55)58-43(4,5)6)19-15-21-35(51-41(56)59-44(7,8)9)38(53)50-36(23-22-30-16-11-10-12-17-30)37(52)49-33-28-31-18-13-14-20-34(31)48-29-33;/h10-14,16-18,20,28-29,32,35-36,45H,15,19,21-27H2,1-9H3,(H,46,54)(H,47,55)(H,49,52)(H,50,53)(H,51,56);1H/t32?,35-,36-;/m0./s1. The number of rotatable bonds is 19. The molecule has 332 valence electrons. The molecule has 3 aromatic rings. The SMILES string of the molecule is CC(C)(C)OC(=O)NCCNC(CCC[C@H](NC(=O)OC(C)(C)C)C(=O)N[C@@H](CCc1ccccc1)C(=O)Nc1cnc2ccccc2c1)CCNC(=O)OC(C)(C)C.Cl. The second-order valence-corrected chi connectivity index (χ2v) is 17.4. The van der Waals surface area contributed by atoms with Crippen molar-refractivity contribution in [3.8, 4) is 0 Å². The van der Waals surface area contributed by atoms with Gasteiger partial charge >= 0.3 is 18.3 Å². The second kappa shape index (κ2) is 24.2. The summed E-state index contributed by atoms with van der Waals surface area (Å²) in [5.41, 5.74) is 0.156. The number of amides is 5. The number of aromatic nitrogens is 1. The van der Waals surface area contributed by atoms with Crippen LogP contribution in [0.3, 0.4) is 0 Å². The van der Waals surface area contributed by atoms with Gasteiger partial charge in [0.2, 0.25) is 11.8 Å². The van der Waals surface area contributed by atoms with Crippen molar-refractivity contribution in [1.29, 1.82) is 0 Å². The van der Waals surface area contributed by atoms with Gasteiger partial charge in [0, 0.05) is 31.1 Å². The maximum Gasteiger partial charge on any atom is 0.408 e. The van der Waals surface area contributed by atoms with Gasteiger partial charge < -0.3 is 46.1 Å². The van der Waals surface area contributed by atoms with Crippen molar-refractivity contribution in [2.75, 3.05) is 25.0 Å². The van der Waals surface area contributed by atoms with Crippen LogP contribution in [0.25, 0.3) is 10.9 Å². The van der Waals surface area contributed by atoms with E-state index in [0.29, 0.717) is 44.5 Å². The number of nitrogens with one attached hydrogen (secondary N) is 6. The van der Waals surface area contributed by atoms with Crippen LogP contribution in [-0.2, 0) is 30.2 Å². The predicted molar refractivity (Wildman–Crippen MR) is 236 cm³/mol. The number of fused-ring (bicyclic) bond motifs is 1. The Morgan fingerprint density at radius 3 is 1.82 bits per heavy atom. The molecule has 0 fully saturated rings. The van der Waals surface area contributed by atoms with Crippen LogP contribution in [0.15, 0.2) is 66.9 Å². The summed E-state index contributed by atoms with van der Waals surface area (Å²) in [5, 5.41) is 18.3. The third-order valence-corrected chi connectivity index (χ3v) is 8.50. The molecule has 60 heavy (non-hydrogen) atoms. The number of hydrogen-bond donors (Lipinski definition) is 6. The van der Waals surface area contributed by atoms with E-state index in [4.69, 9.17) is 14.2 Å². The fourth-order valence-electron chi connectivity index (χ4n) is 5.92. The Morgan fingerprint density at radius 1 is 0.617 bits per heavy atom. The lowest BCUT2D eigenvalue weighted by molar-refractivity contribution is -0.128. The van der Waals surface area contributed by atoms with Crippen LogP contribution in [0.1, 0.15) is 100.0 Å². The van der Waals surface area contributed by atoms with Crippen molar-refractivity contribution in [1.82, 2.24) is 31.6 Å². The highest BCUT2D eigenvalue weighted by atomic mass is 35.5. The minimum absolute atomic E-state index is 0. The lowest BCUT2D eigenvalue weighted by Gasteiger charge is -2.26. The zero-order valence-electron chi connectivity index (χ0n) is 36.6. The number of aryl methyl sites for hydroxylation is 1. The first-order valence-corrected chi connectivity index (χ1v) is 20.3. The first kappa shape index (κ1) is 51.0. The number of hydrogen-bond acceptors (Lipinski definition) is 10. The summed E-state index contributed by atoms with van der Waals surface area (Å²) < 4.78 is 16.2. The Bertz CT molecular complexity index is 1830. The first-order valence-electron chi connectivity index (χ1n) is 20.3. The van der Waals surface area contributed by atoms with Gasteiger partial charge in [0.15, 0.2) is 0 Å². The highest BCUT2D eigenvalue weighted by Crippen LogP contribution is 2.18. The van der Waals surface area contributed by atoms with E-state index in [2.05, 4.69) is 36.9 Å². The van der Waals surface area contributed by atoms with E-state index in [1.54, 1.807) is 68.5 Å². The van der Waals surface area contributed by atoms with Crippen molar-refractivity contribution in [3.63, 3.8) is 0 Å². The molecule has 0 aliphatic heterocycles. The predicted octanol–water partition coefficient (Wildman–Crippen LogP) is 7.17. The number of halogens is 1. The molecule has 0 saturated heterocycles. The highest BCUT2D eigenvalue weighted by molar-refractivity contribution is 5.99. The van der Waals surface area contributed by atoms with Crippen LogP contribution in [-0.4, -0.2) is 89.6 Å². The average Bonchev–Trinajstić information content (AvgIpc) is 3.12. The molecule has 1 heterocycles. The Labute approximate surface area is 361 Å². The molecule has 0 spiro atoms. The molecule has 16 heteroatoms. The van der Waals surface area contributed by atoms with Gasteiger partial charge in [0.1, 0.15) is 28.9 Å². The summed E-state index contributed by atoms with van der Waals surface area (Å²) >= 11 is 0. The lowest BCUT2D eigenvalue weighted by Crippen LogP contribution is -2.53. The molecule has 6 N–H and O–H groups in total. The zero-order chi connectivity index (χ0) is 43.6. The summed E-state index contributed by atoms with van der Waals surface area (Å²) in [6, 6.07) is 16.9. The minimum Gasteiger partial charge on any atom is -0.444 e. The smallest absolute Gasteiger partial charge is 0.408 e. The van der Waals surface area contributed by atoms with E-state index >= 15 is 0 Å². The fourth-order valence-corrected chi connectivity index (χ4v) is 5.92. The Kier molecular flexibility index (Phi) is 20.6. The molecule has 5 amide bonds. The van der Waals surface area contributed by atoms with Gasteiger partial charge in [-0.15, -0.1) is 12.4 Å². The molecular formula is C44H66ClN7O8. The molecule has 0 radical (unpaired) electrons. The number of alkyl carbamates (subject to hydrolysis) is 3. The summed E-state index contributed by atoms with van der Waals surface area (Å²) in [7, 11) is 0. The van der Waals surface area contributed by atoms with Crippen LogP contribution in [0, 0.1) is 0 Å². The maximum atomic E-state index is 14.1. The monoisotopic (exact) mass is 855 g/mol. The van der Waals surface area contributed by atoms with E-state index in [1.165, 1.54) is 0 Å². The number of carbonyl (C=O) groups is 5. The normalized spacial score (nSPS) is 13.1. The van der Waals surface area contributed by atoms with E-state index < -0.39 is 59.0 Å². The number of anilines is 1. The van der Waals surface area contributed by atoms with Crippen LogP contribution in [0.4, 0.5) is 20.1 Å².